The standard InChI is InChI=1S/C12H12ClF4N/c13-6-8-3-9(14)5-11(4-8)18(10-1-2-10)7-12(15,16)17/h3-5,10H,1-2,6-7H2. The molecule has 0 amide bonds. The highest BCUT2D eigenvalue weighted by Crippen LogP contribution is 2.35. The summed E-state index contributed by atoms with van der Waals surface area (Å²) in [5, 5.41) is 0. The van der Waals surface area contributed by atoms with Gasteiger partial charge in [0, 0.05) is 17.6 Å². The average molecular weight is 282 g/mol. The molecule has 100 valence electrons. The maximum absolute atomic E-state index is 13.3. The molecule has 18 heavy (non-hydrogen) atoms. The third kappa shape index (κ3) is 3.51. The largest absolute Gasteiger partial charge is 0.405 e. The number of nitrogens with zero attached hydrogens (tertiary/aromatic N) is 1. The third-order valence-corrected chi connectivity index (χ3v) is 3.07. The molecule has 1 saturated carbocycles. The Bertz CT molecular complexity index is 429. The first-order valence-electron chi connectivity index (χ1n) is 5.58. The topological polar surface area (TPSA) is 3.24 Å². The lowest BCUT2D eigenvalue weighted by Gasteiger charge is -2.26. The highest BCUT2D eigenvalue weighted by atomic mass is 35.5. The molecule has 0 saturated heterocycles. The number of hydrogen-bond donors (Lipinski definition) is 0. The van der Waals surface area contributed by atoms with Crippen molar-refractivity contribution < 1.29 is 17.6 Å². The zero-order chi connectivity index (χ0) is 13.3. The Kier molecular flexibility index (Phi) is 3.71. The molecular weight excluding hydrogens is 270 g/mol. The van der Waals surface area contributed by atoms with Crippen LogP contribution < -0.4 is 4.90 Å². The van der Waals surface area contributed by atoms with E-state index in [4.69, 9.17) is 11.6 Å². The van der Waals surface area contributed by atoms with Crippen LogP contribution in [0.3, 0.4) is 0 Å². The summed E-state index contributed by atoms with van der Waals surface area (Å²) in [5.41, 5.74) is 0.741. The smallest absolute Gasteiger partial charge is 0.359 e. The second-order valence-electron chi connectivity index (χ2n) is 4.43. The second kappa shape index (κ2) is 4.96. The molecule has 0 bridgehead atoms. The molecule has 1 fully saturated rings. The number of benzene rings is 1. The Morgan fingerprint density at radius 2 is 1.89 bits per heavy atom. The third-order valence-electron chi connectivity index (χ3n) is 2.77. The van der Waals surface area contributed by atoms with Crippen molar-refractivity contribution in [1.82, 2.24) is 0 Å². The number of halogens is 5. The number of rotatable bonds is 4. The van der Waals surface area contributed by atoms with E-state index in [1.165, 1.54) is 17.0 Å². The summed E-state index contributed by atoms with van der Waals surface area (Å²) in [6.45, 7) is -1.05. The zero-order valence-corrected chi connectivity index (χ0v) is 10.2. The number of anilines is 1. The molecule has 1 aromatic rings. The molecule has 0 aliphatic heterocycles. The highest BCUT2D eigenvalue weighted by Gasteiger charge is 2.38. The Morgan fingerprint density at radius 3 is 2.39 bits per heavy atom. The maximum Gasteiger partial charge on any atom is 0.405 e. The minimum atomic E-state index is -4.30. The maximum atomic E-state index is 13.3. The van der Waals surface area contributed by atoms with Gasteiger partial charge in [-0.3, -0.25) is 0 Å². The van der Waals surface area contributed by atoms with Crippen LogP contribution in [0.5, 0.6) is 0 Å². The minimum absolute atomic E-state index is 0.0787. The normalized spacial score (nSPS) is 15.8. The molecule has 1 nitrogen and oxygen atoms in total. The van der Waals surface area contributed by atoms with Gasteiger partial charge in [-0.05, 0) is 36.6 Å². The van der Waals surface area contributed by atoms with E-state index in [-0.39, 0.29) is 17.6 Å². The van der Waals surface area contributed by atoms with Gasteiger partial charge in [0.1, 0.15) is 12.4 Å². The first kappa shape index (κ1) is 13.5. The van der Waals surface area contributed by atoms with E-state index < -0.39 is 18.5 Å². The lowest BCUT2D eigenvalue weighted by atomic mass is 10.2. The Balaban J connectivity index is 2.27. The molecule has 0 N–H and O–H groups in total. The van der Waals surface area contributed by atoms with Crippen LogP contribution in [0, 0.1) is 5.82 Å². The molecule has 0 heterocycles. The molecule has 0 atom stereocenters. The Hall–Kier alpha value is -0.970. The molecule has 0 radical (unpaired) electrons. The van der Waals surface area contributed by atoms with Crippen molar-refractivity contribution in [3.63, 3.8) is 0 Å². The van der Waals surface area contributed by atoms with Crippen molar-refractivity contribution in [2.45, 2.75) is 30.9 Å². The van der Waals surface area contributed by atoms with Gasteiger partial charge in [-0.2, -0.15) is 13.2 Å². The van der Waals surface area contributed by atoms with E-state index in [0.717, 1.165) is 6.07 Å². The molecule has 6 heteroatoms. The zero-order valence-electron chi connectivity index (χ0n) is 9.47. The van der Waals surface area contributed by atoms with Crippen molar-refractivity contribution in [2.24, 2.45) is 0 Å². The average Bonchev–Trinajstić information content (AvgIpc) is 3.07. The Labute approximate surface area is 107 Å². The number of hydrogen-bond acceptors (Lipinski definition) is 1. The van der Waals surface area contributed by atoms with Gasteiger partial charge < -0.3 is 4.90 Å². The molecule has 0 spiro atoms. The van der Waals surface area contributed by atoms with Crippen molar-refractivity contribution in [2.75, 3.05) is 11.4 Å². The molecule has 1 aromatic carbocycles. The summed E-state index contributed by atoms with van der Waals surface area (Å²) in [4.78, 5) is 1.21. The van der Waals surface area contributed by atoms with E-state index in [0.29, 0.717) is 18.4 Å². The van der Waals surface area contributed by atoms with Crippen LogP contribution in [0.25, 0.3) is 0 Å². The van der Waals surface area contributed by atoms with Crippen LogP contribution >= 0.6 is 11.6 Å². The quantitative estimate of drug-likeness (QED) is 0.593. The molecule has 0 aromatic heterocycles. The van der Waals surface area contributed by atoms with Gasteiger partial charge in [0.05, 0.1) is 0 Å². The van der Waals surface area contributed by atoms with E-state index in [9.17, 15) is 17.6 Å². The fraction of sp³-hybridized carbons (Fsp3) is 0.500. The molecule has 2 rings (SSSR count). The predicted octanol–water partition coefficient (Wildman–Crippen LogP) is 4.10. The summed E-state index contributed by atoms with van der Waals surface area (Å²) in [6, 6.07) is 3.73. The van der Waals surface area contributed by atoms with Crippen LogP contribution in [0.15, 0.2) is 18.2 Å². The summed E-state index contributed by atoms with van der Waals surface area (Å²) in [6.07, 6.45) is -2.87. The second-order valence-corrected chi connectivity index (χ2v) is 4.69. The van der Waals surface area contributed by atoms with Crippen molar-refractivity contribution in [1.29, 1.82) is 0 Å². The van der Waals surface area contributed by atoms with Gasteiger partial charge in [-0.25, -0.2) is 4.39 Å². The van der Waals surface area contributed by atoms with Crippen LogP contribution in [0.4, 0.5) is 23.2 Å². The van der Waals surface area contributed by atoms with E-state index in [1.54, 1.807) is 0 Å². The molecule has 1 aliphatic carbocycles. The fourth-order valence-corrected chi connectivity index (χ4v) is 2.04. The summed E-state index contributed by atoms with van der Waals surface area (Å²) in [5.74, 6) is -0.481. The first-order chi connectivity index (χ1) is 8.39. The fourth-order valence-electron chi connectivity index (χ4n) is 1.89. The summed E-state index contributed by atoms with van der Waals surface area (Å²) in [7, 11) is 0. The lowest BCUT2D eigenvalue weighted by molar-refractivity contribution is -0.120. The van der Waals surface area contributed by atoms with Crippen molar-refractivity contribution >= 4 is 17.3 Å². The summed E-state index contributed by atoms with van der Waals surface area (Å²) >= 11 is 5.60. The molecule has 0 unspecified atom stereocenters. The van der Waals surface area contributed by atoms with E-state index in [1.807, 2.05) is 0 Å². The first-order valence-corrected chi connectivity index (χ1v) is 6.11. The predicted molar refractivity (Wildman–Crippen MR) is 62.4 cm³/mol. The monoisotopic (exact) mass is 281 g/mol. The molecular formula is C12H12ClF4N. The minimum Gasteiger partial charge on any atom is -0.359 e. The van der Waals surface area contributed by atoms with Crippen molar-refractivity contribution in [3.8, 4) is 0 Å². The van der Waals surface area contributed by atoms with Crippen molar-refractivity contribution in [3.05, 3.63) is 29.6 Å². The van der Waals surface area contributed by atoms with Gasteiger partial charge in [-0.15, -0.1) is 11.6 Å². The van der Waals surface area contributed by atoms with E-state index >= 15 is 0 Å². The Morgan fingerprint density at radius 1 is 1.22 bits per heavy atom. The summed E-state index contributed by atoms with van der Waals surface area (Å²) < 4.78 is 50.8. The van der Waals surface area contributed by atoms with Gasteiger partial charge in [0.2, 0.25) is 0 Å². The van der Waals surface area contributed by atoms with Crippen LogP contribution in [-0.4, -0.2) is 18.8 Å². The lowest BCUT2D eigenvalue weighted by Crippen LogP contribution is -2.36. The SMILES string of the molecule is Fc1cc(CCl)cc(N(CC(F)(F)F)C2CC2)c1. The van der Waals surface area contributed by atoms with Crippen LogP contribution in [0.1, 0.15) is 18.4 Å². The van der Waals surface area contributed by atoms with Gasteiger partial charge in [-0.1, -0.05) is 0 Å². The van der Waals surface area contributed by atoms with E-state index in [2.05, 4.69) is 0 Å². The van der Waals surface area contributed by atoms with Gasteiger partial charge in [0.15, 0.2) is 0 Å². The van der Waals surface area contributed by atoms with Crippen LogP contribution in [0.2, 0.25) is 0 Å². The molecule has 1 aliphatic rings. The number of alkyl halides is 4. The van der Waals surface area contributed by atoms with Gasteiger partial charge >= 0.3 is 6.18 Å². The van der Waals surface area contributed by atoms with Crippen LogP contribution in [-0.2, 0) is 5.88 Å². The highest BCUT2D eigenvalue weighted by molar-refractivity contribution is 6.17. The van der Waals surface area contributed by atoms with Gasteiger partial charge in [0.25, 0.3) is 0 Å².